The minimum atomic E-state index is 0.528. The first-order valence-corrected chi connectivity index (χ1v) is 12.0. The van der Waals surface area contributed by atoms with Crippen molar-refractivity contribution in [2.24, 2.45) is 18.0 Å². The van der Waals surface area contributed by atoms with E-state index in [0.717, 1.165) is 88.9 Å². The number of ether oxygens (including phenoxy) is 1. The van der Waals surface area contributed by atoms with Crippen LogP contribution in [0.1, 0.15) is 44.3 Å². The standard InChI is InChI=1S/C22H42N8O/c1-19-6-12-29(13-7-19)10-4-8-23-22(25-18-21-27-26-20(2)28(21)3)24-9-5-11-30-14-16-31-17-15-30/h19H,4-18H2,1-3H3,(H2,23,24,25). The molecule has 2 aliphatic rings. The average Bonchev–Trinajstić information content (AvgIpc) is 3.11. The minimum Gasteiger partial charge on any atom is -0.379 e. The van der Waals surface area contributed by atoms with Crippen LogP contribution in [0.15, 0.2) is 4.99 Å². The lowest BCUT2D eigenvalue weighted by molar-refractivity contribution is 0.0376. The number of nitrogens with zero attached hydrogens (tertiary/aromatic N) is 6. The van der Waals surface area contributed by atoms with E-state index in [4.69, 9.17) is 9.73 Å². The maximum absolute atomic E-state index is 5.43. The van der Waals surface area contributed by atoms with Gasteiger partial charge in [-0.25, -0.2) is 4.99 Å². The Hall–Kier alpha value is -1.71. The summed E-state index contributed by atoms with van der Waals surface area (Å²) >= 11 is 0. The molecule has 2 N–H and O–H groups in total. The molecule has 9 heteroatoms. The molecule has 3 heterocycles. The topological polar surface area (TPSA) is 82.8 Å². The first-order valence-electron chi connectivity index (χ1n) is 12.0. The van der Waals surface area contributed by atoms with Crippen LogP contribution in [0.3, 0.4) is 0 Å². The van der Waals surface area contributed by atoms with Crippen LogP contribution in [0.4, 0.5) is 0 Å². The van der Waals surface area contributed by atoms with Crippen molar-refractivity contribution < 1.29 is 4.74 Å². The number of nitrogens with one attached hydrogen (secondary N) is 2. The van der Waals surface area contributed by atoms with Crippen LogP contribution in [-0.4, -0.2) is 96.1 Å². The van der Waals surface area contributed by atoms with Gasteiger partial charge in [0.15, 0.2) is 11.8 Å². The Bertz CT molecular complexity index is 662. The molecule has 0 aliphatic carbocycles. The van der Waals surface area contributed by atoms with Crippen molar-refractivity contribution in [2.45, 2.75) is 46.1 Å². The van der Waals surface area contributed by atoms with Gasteiger partial charge in [-0.15, -0.1) is 10.2 Å². The van der Waals surface area contributed by atoms with E-state index in [2.05, 4.69) is 37.6 Å². The number of piperidine rings is 1. The van der Waals surface area contributed by atoms with Gasteiger partial charge in [-0.2, -0.15) is 0 Å². The lowest BCUT2D eigenvalue weighted by Crippen LogP contribution is -2.42. The zero-order valence-electron chi connectivity index (χ0n) is 19.8. The molecule has 0 saturated carbocycles. The minimum absolute atomic E-state index is 0.528. The lowest BCUT2D eigenvalue weighted by atomic mass is 9.99. The quantitative estimate of drug-likeness (QED) is 0.323. The number of rotatable bonds is 10. The Morgan fingerprint density at radius 2 is 1.61 bits per heavy atom. The van der Waals surface area contributed by atoms with Crippen molar-refractivity contribution in [2.75, 3.05) is 65.6 Å². The van der Waals surface area contributed by atoms with Crippen LogP contribution in [0.25, 0.3) is 0 Å². The molecule has 0 unspecified atom stereocenters. The molecule has 1 aromatic heterocycles. The number of aromatic nitrogens is 3. The summed E-state index contributed by atoms with van der Waals surface area (Å²) in [7, 11) is 1.99. The highest BCUT2D eigenvalue weighted by Crippen LogP contribution is 2.15. The van der Waals surface area contributed by atoms with Crippen LogP contribution in [0.2, 0.25) is 0 Å². The molecule has 2 fully saturated rings. The summed E-state index contributed by atoms with van der Waals surface area (Å²) < 4.78 is 7.43. The van der Waals surface area contributed by atoms with Crippen LogP contribution in [-0.2, 0) is 18.3 Å². The number of morpholine rings is 1. The van der Waals surface area contributed by atoms with Crippen molar-refractivity contribution >= 4 is 5.96 Å². The fourth-order valence-corrected chi connectivity index (χ4v) is 4.04. The highest BCUT2D eigenvalue weighted by molar-refractivity contribution is 5.79. The van der Waals surface area contributed by atoms with Crippen LogP contribution < -0.4 is 10.6 Å². The molecule has 9 nitrogen and oxygen atoms in total. The summed E-state index contributed by atoms with van der Waals surface area (Å²) in [5.41, 5.74) is 0. The third kappa shape index (κ3) is 8.38. The number of hydrogen-bond donors (Lipinski definition) is 2. The molecular weight excluding hydrogens is 392 g/mol. The number of guanidine groups is 1. The molecule has 0 radical (unpaired) electrons. The van der Waals surface area contributed by atoms with Gasteiger partial charge in [-0.3, -0.25) is 4.90 Å². The van der Waals surface area contributed by atoms with E-state index in [1.165, 1.54) is 25.9 Å². The lowest BCUT2D eigenvalue weighted by Gasteiger charge is -2.30. The largest absolute Gasteiger partial charge is 0.379 e. The van der Waals surface area contributed by atoms with E-state index in [1.807, 2.05) is 18.5 Å². The molecule has 3 rings (SSSR count). The fourth-order valence-electron chi connectivity index (χ4n) is 4.04. The molecular formula is C22H42N8O. The zero-order chi connectivity index (χ0) is 21.9. The molecule has 176 valence electrons. The molecule has 0 atom stereocenters. The third-order valence-electron chi connectivity index (χ3n) is 6.43. The number of likely N-dealkylation sites (tertiary alicyclic amines) is 1. The smallest absolute Gasteiger partial charge is 0.191 e. The van der Waals surface area contributed by atoms with Gasteiger partial charge in [0.25, 0.3) is 0 Å². The summed E-state index contributed by atoms with van der Waals surface area (Å²) in [5.74, 6) is 3.55. The Morgan fingerprint density at radius 3 is 2.19 bits per heavy atom. The van der Waals surface area contributed by atoms with Gasteiger partial charge in [0.2, 0.25) is 0 Å². The summed E-state index contributed by atoms with van der Waals surface area (Å²) in [6.07, 6.45) is 4.89. The van der Waals surface area contributed by atoms with Gasteiger partial charge in [0.1, 0.15) is 12.4 Å². The Labute approximate surface area is 187 Å². The van der Waals surface area contributed by atoms with Gasteiger partial charge in [-0.05, 0) is 64.7 Å². The second-order valence-corrected chi connectivity index (χ2v) is 8.93. The van der Waals surface area contributed by atoms with Crippen LogP contribution >= 0.6 is 0 Å². The average molecular weight is 435 g/mol. The first kappa shape index (κ1) is 23.9. The van der Waals surface area contributed by atoms with Gasteiger partial charge in [0.05, 0.1) is 13.2 Å². The van der Waals surface area contributed by atoms with E-state index in [-0.39, 0.29) is 0 Å². The molecule has 2 aliphatic heterocycles. The van der Waals surface area contributed by atoms with Crippen LogP contribution in [0, 0.1) is 12.8 Å². The van der Waals surface area contributed by atoms with E-state index in [9.17, 15) is 0 Å². The molecule has 0 amide bonds. The van der Waals surface area contributed by atoms with Gasteiger partial charge < -0.3 is 24.8 Å². The van der Waals surface area contributed by atoms with Crippen molar-refractivity contribution in [3.8, 4) is 0 Å². The van der Waals surface area contributed by atoms with E-state index in [0.29, 0.717) is 6.54 Å². The predicted molar refractivity (Wildman–Crippen MR) is 124 cm³/mol. The zero-order valence-corrected chi connectivity index (χ0v) is 19.8. The number of hydrogen-bond acceptors (Lipinski definition) is 6. The maximum Gasteiger partial charge on any atom is 0.191 e. The third-order valence-corrected chi connectivity index (χ3v) is 6.43. The van der Waals surface area contributed by atoms with Crippen LogP contribution in [0.5, 0.6) is 0 Å². The number of aliphatic imine (C=N–C) groups is 1. The Kier molecular flexibility index (Phi) is 10.0. The highest BCUT2D eigenvalue weighted by Gasteiger charge is 2.15. The maximum atomic E-state index is 5.43. The normalized spacial score (nSPS) is 19.6. The van der Waals surface area contributed by atoms with E-state index >= 15 is 0 Å². The Balaban J connectivity index is 1.41. The SMILES string of the molecule is Cc1nnc(CN=C(NCCCN2CCOCC2)NCCCN2CCC(C)CC2)n1C. The van der Waals surface area contributed by atoms with Gasteiger partial charge in [0, 0.05) is 33.2 Å². The highest BCUT2D eigenvalue weighted by atomic mass is 16.5. The molecule has 1 aromatic rings. The second-order valence-electron chi connectivity index (χ2n) is 8.93. The van der Waals surface area contributed by atoms with Crippen molar-refractivity contribution in [3.05, 3.63) is 11.6 Å². The fraction of sp³-hybridized carbons (Fsp3) is 0.864. The molecule has 2 saturated heterocycles. The number of aryl methyl sites for hydroxylation is 1. The molecule has 0 bridgehead atoms. The predicted octanol–water partition coefficient (Wildman–Crippen LogP) is 1.00. The second kappa shape index (κ2) is 13.0. The first-order chi connectivity index (χ1) is 15.1. The van der Waals surface area contributed by atoms with E-state index in [1.54, 1.807) is 0 Å². The summed E-state index contributed by atoms with van der Waals surface area (Å²) in [5, 5.41) is 15.4. The molecule has 31 heavy (non-hydrogen) atoms. The summed E-state index contributed by atoms with van der Waals surface area (Å²) in [4.78, 5) is 9.83. The van der Waals surface area contributed by atoms with Gasteiger partial charge in [-0.1, -0.05) is 6.92 Å². The van der Waals surface area contributed by atoms with Crippen molar-refractivity contribution in [1.82, 2.24) is 35.2 Å². The van der Waals surface area contributed by atoms with E-state index < -0.39 is 0 Å². The molecule has 0 spiro atoms. The van der Waals surface area contributed by atoms with Crippen molar-refractivity contribution in [3.63, 3.8) is 0 Å². The molecule has 0 aromatic carbocycles. The summed E-state index contributed by atoms with van der Waals surface area (Å²) in [6, 6.07) is 0. The van der Waals surface area contributed by atoms with Gasteiger partial charge >= 0.3 is 0 Å². The monoisotopic (exact) mass is 434 g/mol. The van der Waals surface area contributed by atoms with Crippen molar-refractivity contribution in [1.29, 1.82) is 0 Å². The summed E-state index contributed by atoms with van der Waals surface area (Å²) in [6.45, 7) is 15.2. The Morgan fingerprint density at radius 1 is 1.00 bits per heavy atom.